The molecule has 0 saturated carbocycles. The molecule has 2 aromatic rings. The number of hydrogen-bond acceptors (Lipinski definition) is 1. The van der Waals surface area contributed by atoms with Gasteiger partial charge in [0, 0.05) is 9.78 Å². The van der Waals surface area contributed by atoms with Gasteiger partial charge in [-0.25, -0.2) is 0 Å². The van der Waals surface area contributed by atoms with Crippen LogP contribution < -0.4 is 0 Å². The van der Waals surface area contributed by atoms with Gasteiger partial charge in [-0.1, -0.05) is 36.4 Å². The molecule has 0 amide bonds. The van der Waals surface area contributed by atoms with Crippen LogP contribution in [0.15, 0.2) is 54.7 Å². The summed E-state index contributed by atoms with van der Waals surface area (Å²) in [5, 5.41) is 0. The van der Waals surface area contributed by atoms with E-state index >= 15 is 0 Å². The monoisotopic (exact) mass is 307 g/mol. The molecule has 0 saturated heterocycles. The van der Waals surface area contributed by atoms with Crippen molar-refractivity contribution in [1.82, 2.24) is 4.98 Å². The number of nitrogens with zero attached hydrogens (tertiary/aromatic N) is 1. The Hall–Kier alpha value is -1.16. The Bertz CT molecular complexity index is 448. The summed E-state index contributed by atoms with van der Waals surface area (Å²) in [6.45, 7) is 0. The fourth-order valence-electron chi connectivity index (χ4n) is 1.27. The third kappa shape index (κ3) is 2.89. The highest BCUT2D eigenvalue weighted by Crippen LogP contribution is 2.22. The van der Waals surface area contributed by atoms with E-state index in [9.17, 15) is 0 Å². The molecule has 0 aliphatic rings. The van der Waals surface area contributed by atoms with Gasteiger partial charge in [0.15, 0.2) is 0 Å². The fourth-order valence-corrected chi connectivity index (χ4v) is 1.95. The number of pyridine rings is 1. The summed E-state index contributed by atoms with van der Waals surface area (Å²) in [6, 6.07) is 16.2. The molecule has 0 unspecified atom stereocenters. The van der Waals surface area contributed by atoms with Crippen LogP contribution in [0.1, 0.15) is 11.3 Å². The first-order valence-corrected chi connectivity index (χ1v) is 5.78. The zero-order valence-corrected chi connectivity index (χ0v) is 10.3. The van der Waals surface area contributed by atoms with Crippen LogP contribution in [0.2, 0.25) is 0 Å². The molecule has 74 valence electrons. The second kappa shape index (κ2) is 5.07. The molecule has 1 nitrogen and oxygen atoms in total. The third-order valence-corrected chi connectivity index (χ3v) is 2.87. The maximum absolute atomic E-state index is 4.30. The highest BCUT2D eigenvalue weighted by atomic mass is 127. The second-order valence-corrected chi connectivity index (χ2v) is 4.28. The zero-order valence-electron chi connectivity index (χ0n) is 8.10. The molecule has 0 fully saturated rings. The first kappa shape index (κ1) is 10.4. The van der Waals surface area contributed by atoms with Crippen LogP contribution >= 0.6 is 22.6 Å². The van der Waals surface area contributed by atoms with Crippen LogP contribution in [-0.2, 0) is 0 Å². The van der Waals surface area contributed by atoms with E-state index in [4.69, 9.17) is 0 Å². The van der Waals surface area contributed by atoms with Gasteiger partial charge < -0.3 is 0 Å². The summed E-state index contributed by atoms with van der Waals surface area (Å²) in [6.07, 6.45) is 3.94. The van der Waals surface area contributed by atoms with Crippen molar-refractivity contribution in [2.45, 2.75) is 0 Å². The van der Waals surface area contributed by atoms with E-state index in [1.54, 1.807) is 0 Å². The number of aromatic nitrogens is 1. The van der Waals surface area contributed by atoms with E-state index in [0.717, 1.165) is 9.27 Å². The highest BCUT2D eigenvalue weighted by Gasteiger charge is 1.97. The Balaban J connectivity index is 2.29. The predicted octanol–water partition coefficient (Wildman–Crippen LogP) is 4.01. The van der Waals surface area contributed by atoms with Gasteiger partial charge in [-0.3, -0.25) is 4.98 Å². The number of halogens is 1. The van der Waals surface area contributed by atoms with Gasteiger partial charge in [0.1, 0.15) is 0 Å². The Morgan fingerprint density at radius 1 is 1.00 bits per heavy atom. The van der Waals surface area contributed by atoms with E-state index in [1.165, 1.54) is 5.56 Å². The molecule has 0 atom stereocenters. The average Bonchev–Trinajstić information content (AvgIpc) is 2.31. The van der Waals surface area contributed by atoms with E-state index in [0.29, 0.717) is 0 Å². The van der Waals surface area contributed by atoms with E-state index in [2.05, 4.69) is 45.8 Å². The lowest BCUT2D eigenvalue weighted by Gasteiger charge is -1.98. The molecule has 0 N–H and O–H groups in total. The minimum atomic E-state index is 1.02. The highest BCUT2D eigenvalue weighted by molar-refractivity contribution is 14.1. The maximum Gasteiger partial charge on any atom is 0.0763 e. The van der Waals surface area contributed by atoms with Crippen molar-refractivity contribution in [2.24, 2.45) is 0 Å². The summed E-state index contributed by atoms with van der Waals surface area (Å²) in [7, 11) is 0. The predicted molar refractivity (Wildman–Crippen MR) is 72.6 cm³/mol. The lowest BCUT2D eigenvalue weighted by atomic mass is 10.2. The molecule has 0 aliphatic heterocycles. The standard InChI is InChI=1S/C13H10IN/c14-12(13-8-4-5-9-15-13)10-11-6-2-1-3-7-11/h1-10H/b12-10+. The first-order chi connectivity index (χ1) is 7.36. The third-order valence-electron chi connectivity index (χ3n) is 2.00. The van der Waals surface area contributed by atoms with Gasteiger partial charge in [-0.15, -0.1) is 0 Å². The lowest BCUT2D eigenvalue weighted by molar-refractivity contribution is 1.30. The van der Waals surface area contributed by atoms with Crippen LogP contribution in [0.5, 0.6) is 0 Å². The molecule has 2 heteroatoms. The summed E-state index contributed by atoms with van der Waals surface area (Å²) in [4.78, 5) is 4.30. The van der Waals surface area contributed by atoms with Gasteiger partial charge in [-0.2, -0.15) is 0 Å². The fraction of sp³-hybridized carbons (Fsp3) is 0. The second-order valence-electron chi connectivity index (χ2n) is 3.12. The quantitative estimate of drug-likeness (QED) is 0.764. The Morgan fingerprint density at radius 2 is 1.73 bits per heavy atom. The molecule has 1 aromatic heterocycles. The van der Waals surface area contributed by atoms with Crippen molar-refractivity contribution in [1.29, 1.82) is 0 Å². The van der Waals surface area contributed by atoms with Crippen LogP contribution in [0.3, 0.4) is 0 Å². The summed E-state index contributed by atoms with van der Waals surface area (Å²) < 4.78 is 1.15. The zero-order chi connectivity index (χ0) is 10.5. The Kier molecular flexibility index (Phi) is 3.50. The molecule has 0 aliphatic carbocycles. The van der Waals surface area contributed by atoms with Gasteiger partial charge >= 0.3 is 0 Å². The molecule has 15 heavy (non-hydrogen) atoms. The molecule has 0 radical (unpaired) electrons. The Labute approximate surface area is 103 Å². The van der Waals surface area contributed by atoms with Crippen molar-refractivity contribution in [3.05, 3.63) is 66.0 Å². The molecular formula is C13H10IN. The summed E-state index contributed by atoms with van der Waals surface area (Å²) >= 11 is 2.31. The van der Waals surface area contributed by atoms with Gasteiger partial charge in [0.2, 0.25) is 0 Å². The topological polar surface area (TPSA) is 12.9 Å². The number of benzene rings is 1. The van der Waals surface area contributed by atoms with Gasteiger partial charge in [0.25, 0.3) is 0 Å². The molecule has 1 heterocycles. The van der Waals surface area contributed by atoms with E-state index in [-0.39, 0.29) is 0 Å². The van der Waals surface area contributed by atoms with Crippen LogP contribution in [0.4, 0.5) is 0 Å². The number of hydrogen-bond donors (Lipinski definition) is 0. The van der Waals surface area contributed by atoms with Crippen molar-refractivity contribution in [3.8, 4) is 0 Å². The van der Waals surface area contributed by atoms with Crippen molar-refractivity contribution < 1.29 is 0 Å². The SMILES string of the molecule is I/C(=C/c1ccccc1)c1ccccn1. The first-order valence-electron chi connectivity index (χ1n) is 4.70. The van der Waals surface area contributed by atoms with Crippen LogP contribution in [-0.4, -0.2) is 4.98 Å². The normalized spacial score (nSPS) is 11.4. The van der Waals surface area contributed by atoms with Crippen molar-refractivity contribution in [2.75, 3.05) is 0 Å². The van der Waals surface area contributed by atoms with Gasteiger partial charge in [-0.05, 0) is 46.4 Å². The Morgan fingerprint density at radius 3 is 2.40 bits per heavy atom. The minimum absolute atomic E-state index is 1.02. The molecule has 2 rings (SSSR count). The summed E-state index contributed by atoms with van der Waals surface area (Å²) in [5.74, 6) is 0. The van der Waals surface area contributed by atoms with Gasteiger partial charge in [0.05, 0.1) is 5.69 Å². The number of rotatable bonds is 2. The van der Waals surface area contributed by atoms with Crippen LogP contribution in [0, 0.1) is 0 Å². The minimum Gasteiger partial charge on any atom is -0.256 e. The lowest BCUT2D eigenvalue weighted by Crippen LogP contribution is -1.81. The molecule has 0 spiro atoms. The van der Waals surface area contributed by atoms with E-state index < -0.39 is 0 Å². The smallest absolute Gasteiger partial charge is 0.0763 e. The maximum atomic E-state index is 4.30. The largest absolute Gasteiger partial charge is 0.256 e. The van der Waals surface area contributed by atoms with Crippen LogP contribution in [0.25, 0.3) is 9.66 Å². The summed E-state index contributed by atoms with van der Waals surface area (Å²) in [5.41, 5.74) is 2.22. The van der Waals surface area contributed by atoms with Crippen molar-refractivity contribution in [3.63, 3.8) is 0 Å². The molecule has 1 aromatic carbocycles. The van der Waals surface area contributed by atoms with Crippen molar-refractivity contribution >= 4 is 32.2 Å². The molecule has 0 bridgehead atoms. The van der Waals surface area contributed by atoms with E-state index in [1.807, 2.05) is 42.6 Å². The molecular weight excluding hydrogens is 297 g/mol. The average molecular weight is 307 g/mol.